The minimum absolute atomic E-state index is 0.242. The van der Waals surface area contributed by atoms with Gasteiger partial charge in [0.2, 0.25) is 5.95 Å². The Bertz CT molecular complexity index is 956. The van der Waals surface area contributed by atoms with Crippen LogP contribution in [0.3, 0.4) is 0 Å². The van der Waals surface area contributed by atoms with Gasteiger partial charge in [-0.1, -0.05) is 30.7 Å². The Kier molecular flexibility index (Phi) is 6.87. The van der Waals surface area contributed by atoms with E-state index in [-0.39, 0.29) is 5.82 Å². The zero-order valence-corrected chi connectivity index (χ0v) is 17.1. The second kappa shape index (κ2) is 10.2. The standard InChI is InChI=1S/C24H28FN5/c25-21-9-4-7-19(17-21)20-8-5-10-22(18-20)28-24-27-13-11-23(29-24)26-12-6-16-30-14-2-1-3-15-30/h4-5,7-11,13,17-18H,1-3,6,12,14-16H2,(H2,26,27,28,29). The van der Waals surface area contributed by atoms with E-state index in [0.717, 1.165) is 42.1 Å². The van der Waals surface area contributed by atoms with Crippen molar-refractivity contribution in [2.45, 2.75) is 25.7 Å². The highest BCUT2D eigenvalue weighted by Gasteiger charge is 2.09. The lowest BCUT2D eigenvalue weighted by Crippen LogP contribution is -2.31. The summed E-state index contributed by atoms with van der Waals surface area (Å²) in [6, 6.07) is 16.3. The van der Waals surface area contributed by atoms with E-state index in [1.54, 1.807) is 12.3 Å². The van der Waals surface area contributed by atoms with E-state index >= 15 is 0 Å². The van der Waals surface area contributed by atoms with Crippen LogP contribution in [0.2, 0.25) is 0 Å². The van der Waals surface area contributed by atoms with Crippen molar-refractivity contribution in [3.8, 4) is 11.1 Å². The van der Waals surface area contributed by atoms with Gasteiger partial charge in [-0.05, 0) is 80.4 Å². The first-order chi connectivity index (χ1) is 14.8. The third kappa shape index (κ3) is 5.76. The van der Waals surface area contributed by atoms with Crippen LogP contribution < -0.4 is 10.6 Å². The van der Waals surface area contributed by atoms with Crippen LogP contribution in [0, 0.1) is 5.82 Å². The molecule has 3 aromatic rings. The molecule has 5 nitrogen and oxygen atoms in total. The number of anilines is 3. The van der Waals surface area contributed by atoms with Crippen molar-refractivity contribution in [1.29, 1.82) is 0 Å². The average molecular weight is 406 g/mol. The minimum atomic E-state index is -0.242. The Morgan fingerprint density at radius 2 is 1.73 bits per heavy atom. The summed E-state index contributed by atoms with van der Waals surface area (Å²) in [5.41, 5.74) is 2.63. The fourth-order valence-corrected chi connectivity index (χ4v) is 3.79. The number of rotatable bonds is 8. The van der Waals surface area contributed by atoms with Gasteiger partial charge in [0.25, 0.3) is 0 Å². The van der Waals surface area contributed by atoms with Crippen molar-refractivity contribution in [2.24, 2.45) is 0 Å². The molecule has 6 heteroatoms. The van der Waals surface area contributed by atoms with Crippen LogP contribution in [0.4, 0.5) is 21.8 Å². The molecule has 0 amide bonds. The molecule has 2 aromatic carbocycles. The highest BCUT2D eigenvalue weighted by Crippen LogP contribution is 2.24. The maximum absolute atomic E-state index is 13.5. The molecule has 1 aliphatic heterocycles. The van der Waals surface area contributed by atoms with Gasteiger partial charge in [-0.3, -0.25) is 0 Å². The number of hydrogen-bond donors (Lipinski definition) is 2. The number of nitrogens with zero attached hydrogens (tertiary/aromatic N) is 3. The number of halogens is 1. The predicted octanol–water partition coefficient (Wildman–Crippen LogP) is 5.31. The highest BCUT2D eigenvalue weighted by atomic mass is 19.1. The molecule has 1 fully saturated rings. The smallest absolute Gasteiger partial charge is 0.229 e. The van der Waals surface area contributed by atoms with Crippen LogP contribution >= 0.6 is 0 Å². The van der Waals surface area contributed by atoms with Gasteiger partial charge >= 0.3 is 0 Å². The van der Waals surface area contributed by atoms with Gasteiger partial charge in [0.15, 0.2) is 0 Å². The molecule has 30 heavy (non-hydrogen) atoms. The normalized spacial score (nSPS) is 14.4. The van der Waals surface area contributed by atoms with Crippen molar-refractivity contribution in [2.75, 3.05) is 36.8 Å². The lowest BCUT2D eigenvalue weighted by Gasteiger charge is -2.26. The average Bonchev–Trinajstić information content (AvgIpc) is 2.78. The molecular weight excluding hydrogens is 377 g/mol. The third-order valence-electron chi connectivity index (χ3n) is 5.34. The van der Waals surface area contributed by atoms with Gasteiger partial charge < -0.3 is 15.5 Å². The lowest BCUT2D eigenvalue weighted by molar-refractivity contribution is 0.228. The molecular formula is C24H28FN5. The molecule has 0 radical (unpaired) electrons. The molecule has 2 N–H and O–H groups in total. The number of benzene rings is 2. The molecule has 0 bridgehead atoms. The number of hydrogen-bond acceptors (Lipinski definition) is 5. The molecule has 0 spiro atoms. The topological polar surface area (TPSA) is 53.1 Å². The monoisotopic (exact) mass is 405 g/mol. The number of aromatic nitrogens is 2. The Morgan fingerprint density at radius 3 is 2.57 bits per heavy atom. The summed E-state index contributed by atoms with van der Waals surface area (Å²) in [5, 5.41) is 6.64. The summed E-state index contributed by atoms with van der Waals surface area (Å²) >= 11 is 0. The van der Waals surface area contributed by atoms with Crippen LogP contribution in [0.5, 0.6) is 0 Å². The first-order valence-corrected chi connectivity index (χ1v) is 10.7. The molecule has 0 saturated carbocycles. The number of piperidine rings is 1. The minimum Gasteiger partial charge on any atom is -0.370 e. The first kappa shape index (κ1) is 20.3. The van der Waals surface area contributed by atoms with Crippen LogP contribution in [0.1, 0.15) is 25.7 Å². The van der Waals surface area contributed by atoms with Gasteiger partial charge in [-0.25, -0.2) is 9.37 Å². The van der Waals surface area contributed by atoms with E-state index in [9.17, 15) is 4.39 Å². The van der Waals surface area contributed by atoms with E-state index < -0.39 is 0 Å². The zero-order valence-electron chi connectivity index (χ0n) is 17.1. The molecule has 1 aromatic heterocycles. The second-order valence-corrected chi connectivity index (χ2v) is 7.66. The molecule has 0 unspecified atom stereocenters. The summed E-state index contributed by atoms with van der Waals surface area (Å²) in [5.74, 6) is 1.10. The molecule has 4 rings (SSSR count). The van der Waals surface area contributed by atoms with Crippen LogP contribution in [0.25, 0.3) is 11.1 Å². The van der Waals surface area contributed by atoms with E-state index in [0.29, 0.717) is 5.95 Å². The fraction of sp³-hybridized carbons (Fsp3) is 0.333. The van der Waals surface area contributed by atoms with Gasteiger partial charge in [-0.2, -0.15) is 4.98 Å². The molecule has 0 atom stereocenters. The van der Waals surface area contributed by atoms with Gasteiger partial charge in [0.05, 0.1) is 0 Å². The Hall–Kier alpha value is -2.99. The third-order valence-corrected chi connectivity index (χ3v) is 5.34. The molecule has 1 saturated heterocycles. The van der Waals surface area contributed by atoms with Crippen molar-refractivity contribution in [3.63, 3.8) is 0 Å². The van der Waals surface area contributed by atoms with E-state index in [2.05, 4.69) is 25.5 Å². The van der Waals surface area contributed by atoms with E-state index in [1.807, 2.05) is 36.4 Å². The molecule has 0 aliphatic carbocycles. The molecule has 1 aliphatic rings. The van der Waals surface area contributed by atoms with Gasteiger partial charge in [0, 0.05) is 18.4 Å². The quantitative estimate of drug-likeness (QED) is 0.497. The van der Waals surface area contributed by atoms with Crippen molar-refractivity contribution in [1.82, 2.24) is 14.9 Å². The predicted molar refractivity (Wildman–Crippen MR) is 121 cm³/mol. The number of likely N-dealkylation sites (tertiary alicyclic amines) is 1. The summed E-state index contributed by atoms with van der Waals surface area (Å²) in [6.07, 6.45) is 6.88. The first-order valence-electron chi connectivity index (χ1n) is 10.7. The zero-order chi connectivity index (χ0) is 20.6. The maximum atomic E-state index is 13.5. The SMILES string of the molecule is Fc1cccc(-c2cccc(Nc3nccc(NCCCN4CCCCC4)n3)c2)c1. The largest absolute Gasteiger partial charge is 0.370 e. The summed E-state index contributed by atoms with van der Waals surface area (Å²) in [4.78, 5) is 11.4. The van der Waals surface area contributed by atoms with Crippen molar-refractivity contribution in [3.05, 3.63) is 66.6 Å². The van der Waals surface area contributed by atoms with Crippen LogP contribution in [0.15, 0.2) is 60.8 Å². The molecule has 156 valence electrons. The second-order valence-electron chi connectivity index (χ2n) is 7.66. The number of nitrogens with one attached hydrogen (secondary N) is 2. The van der Waals surface area contributed by atoms with Gasteiger partial charge in [0.1, 0.15) is 11.6 Å². The fourth-order valence-electron chi connectivity index (χ4n) is 3.79. The van der Waals surface area contributed by atoms with E-state index in [1.165, 1.54) is 44.5 Å². The Morgan fingerprint density at radius 1 is 0.933 bits per heavy atom. The summed E-state index contributed by atoms with van der Waals surface area (Å²) < 4.78 is 13.5. The summed E-state index contributed by atoms with van der Waals surface area (Å²) in [7, 11) is 0. The Balaban J connectivity index is 1.33. The van der Waals surface area contributed by atoms with Crippen molar-refractivity contribution >= 4 is 17.5 Å². The van der Waals surface area contributed by atoms with Crippen molar-refractivity contribution < 1.29 is 4.39 Å². The Labute approximate surface area is 177 Å². The maximum Gasteiger partial charge on any atom is 0.229 e. The van der Waals surface area contributed by atoms with Crippen LogP contribution in [-0.2, 0) is 0 Å². The van der Waals surface area contributed by atoms with Crippen LogP contribution in [-0.4, -0.2) is 41.0 Å². The lowest BCUT2D eigenvalue weighted by atomic mass is 10.1. The van der Waals surface area contributed by atoms with E-state index in [4.69, 9.17) is 0 Å². The summed E-state index contributed by atoms with van der Waals surface area (Å²) in [6.45, 7) is 4.49. The molecule has 2 heterocycles. The highest BCUT2D eigenvalue weighted by molar-refractivity contribution is 5.69. The van der Waals surface area contributed by atoms with Gasteiger partial charge in [-0.15, -0.1) is 0 Å².